The number of carbonyl (C=O) groups excluding carboxylic acids is 1. The second-order valence-corrected chi connectivity index (χ2v) is 7.71. The fraction of sp³-hybridized carbons (Fsp3) is 0.750. The topological polar surface area (TPSA) is 84.2 Å². The van der Waals surface area contributed by atoms with Gasteiger partial charge in [0.2, 0.25) is 5.91 Å². The third kappa shape index (κ3) is 6.15. The highest BCUT2D eigenvalue weighted by Crippen LogP contribution is 2.28. The lowest BCUT2D eigenvalue weighted by Gasteiger charge is -2.27. The van der Waals surface area contributed by atoms with Crippen molar-refractivity contribution in [2.45, 2.75) is 84.1 Å². The second kappa shape index (κ2) is 9.74. The Hall–Kier alpha value is -1.85. The van der Waals surface area contributed by atoms with Crippen molar-refractivity contribution < 1.29 is 14.7 Å². The van der Waals surface area contributed by atoms with Crippen molar-refractivity contribution in [1.82, 2.24) is 15.1 Å². The Balaban J connectivity index is 1.88. The van der Waals surface area contributed by atoms with E-state index in [1.807, 2.05) is 25.6 Å². The van der Waals surface area contributed by atoms with Crippen molar-refractivity contribution in [1.29, 1.82) is 0 Å². The molecule has 1 fully saturated rings. The number of amides is 1. The molecule has 2 rings (SSSR count). The van der Waals surface area contributed by atoms with Crippen molar-refractivity contribution in [2.75, 3.05) is 0 Å². The van der Waals surface area contributed by atoms with Gasteiger partial charge in [0.05, 0.1) is 5.69 Å². The summed E-state index contributed by atoms with van der Waals surface area (Å²) in [6.45, 7) is 3.99. The monoisotopic (exact) mass is 363 g/mol. The first-order valence-corrected chi connectivity index (χ1v) is 9.87. The van der Waals surface area contributed by atoms with Gasteiger partial charge in [0.25, 0.3) is 0 Å². The van der Waals surface area contributed by atoms with E-state index < -0.39 is 5.97 Å². The molecule has 0 aromatic carbocycles. The van der Waals surface area contributed by atoms with Gasteiger partial charge >= 0.3 is 5.97 Å². The molecule has 1 saturated carbocycles. The molecule has 0 spiro atoms. The van der Waals surface area contributed by atoms with Gasteiger partial charge in [-0.15, -0.1) is 0 Å². The van der Waals surface area contributed by atoms with Crippen LogP contribution in [0.3, 0.4) is 0 Å². The molecule has 1 aromatic heterocycles. The Kier molecular flexibility index (Phi) is 7.66. The average molecular weight is 364 g/mol. The smallest absolute Gasteiger partial charge is 0.303 e. The minimum Gasteiger partial charge on any atom is -0.481 e. The number of nitrogens with zero attached hydrogens (tertiary/aromatic N) is 2. The van der Waals surface area contributed by atoms with E-state index in [2.05, 4.69) is 10.4 Å². The third-order valence-corrected chi connectivity index (χ3v) is 5.68. The summed E-state index contributed by atoms with van der Waals surface area (Å²) in [5.74, 6) is -0.168. The van der Waals surface area contributed by atoms with Crippen LogP contribution in [0.2, 0.25) is 0 Å². The maximum absolute atomic E-state index is 12.5. The molecular formula is C20H33N3O3. The fourth-order valence-corrected chi connectivity index (χ4v) is 4.09. The number of aromatic nitrogens is 2. The van der Waals surface area contributed by atoms with Crippen LogP contribution in [0.1, 0.15) is 74.7 Å². The summed E-state index contributed by atoms with van der Waals surface area (Å²) in [6.07, 6.45) is 8.83. The quantitative estimate of drug-likeness (QED) is 0.705. The van der Waals surface area contributed by atoms with Gasteiger partial charge in [0, 0.05) is 31.6 Å². The van der Waals surface area contributed by atoms with Gasteiger partial charge in [-0.1, -0.05) is 32.1 Å². The van der Waals surface area contributed by atoms with E-state index >= 15 is 0 Å². The van der Waals surface area contributed by atoms with Crippen LogP contribution in [0.15, 0.2) is 0 Å². The summed E-state index contributed by atoms with van der Waals surface area (Å²) in [4.78, 5) is 23.4. The Morgan fingerprint density at radius 1 is 1.23 bits per heavy atom. The lowest BCUT2D eigenvalue weighted by Crippen LogP contribution is -2.37. The van der Waals surface area contributed by atoms with Gasteiger partial charge < -0.3 is 10.4 Å². The number of hydrogen-bond acceptors (Lipinski definition) is 3. The predicted octanol–water partition coefficient (Wildman–Crippen LogP) is 3.29. The lowest BCUT2D eigenvalue weighted by molar-refractivity contribution is -0.137. The molecule has 6 nitrogen and oxygen atoms in total. The molecule has 1 aromatic rings. The second-order valence-electron chi connectivity index (χ2n) is 7.71. The van der Waals surface area contributed by atoms with Crippen molar-refractivity contribution in [3.8, 4) is 0 Å². The highest BCUT2D eigenvalue weighted by Gasteiger charge is 2.21. The van der Waals surface area contributed by atoms with E-state index in [1.165, 1.54) is 32.1 Å². The van der Waals surface area contributed by atoms with Gasteiger partial charge in [-0.05, 0) is 44.6 Å². The van der Waals surface area contributed by atoms with Gasteiger partial charge in [0.1, 0.15) is 0 Å². The average Bonchev–Trinajstić information content (AvgIpc) is 2.84. The molecule has 1 amide bonds. The van der Waals surface area contributed by atoms with Crippen LogP contribution < -0.4 is 5.32 Å². The largest absolute Gasteiger partial charge is 0.481 e. The van der Waals surface area contributed by atoms with E-state index in [-0.39, 0.29) is 18.4 Å². The first-order chi connectivity index (χ1) is 12.4. The van der Waals surface area contributed by atoms with Gasteiger partial charge in [-0.25, -0.2) is 0 Å². The molecule has 1 aliphatic rings. The highest BCUT2D eigenvalue weighted by molar-refractivity contribution is 5.76. The van der Waals surface area contributed by atoms with E-state index in [9.17, 15) is 9.59 Å². The molecule has 146 valence electrons. The normalized spacial score (nSPS) is 16.4. The fourth-order valence-electron chi connectivity index (χ4n) is 4.09. The Morgan fingerprint density at radius 2 is 1.92 bits per heavy atom. The summed E-state index contributed by atoms with van der Waals surface area (Å²) in [6, 6.07) is -0.0298. The molecule has 0 saturated heterocycles. The lowest BCUT2D eigenvalue weighted by atomic mass is 9.84. The number of nitrogens with one attached hydrogen (secondary N) is 1. The number of carboxylic acid groups (broad SMARTS) is 1. The summed E-state index contributed by atoms with van der Waals surface area (Å²) in [5.41, 5.74) is 3.21. The minimum atomic E-state index is -0.797. The zero-order valence-corrected chi connectivity index (χ0v) is 16.4. The van der Waals surface area contributed by atoms with Crippen LogP contribution in [0.5, 0.6) is 0 Å². The van der Waals surface area contributed by atoms with E-state index in [0.717, 1.165) is 23.4 Å². The molecule has 26 heavy (non-hydrogen) atoms. The molecule has 1 atom stereocenters. The standard InChI is InChI=1S/C20H33N3O3/c1-14-18(15(2)23(3)22-14)10-11-19(24)21-17(9-12-20(25)26)13-16-7-5-4-6-8-16/h16-17H,4-13H2,1-3H3,(H,21,24)(H,25,26). The number of carbonyl (C=O) groups is 2. The summed E-state index contributed by atoms with van der Waals surface area (Å²) in [7, 11) is 1.91. The summed E-state index contributed by atoms with van der Waals surface area (Å²) in [5, 5.41) is 16.5. The number of hydrogen-bond donors (Lipinski definition) is 2. The first kappa shape index (κ1) is 20.5. The predicted molar refractivity (Wildman–Crippen MR) is 101 cm³/mol. The van der Waals surface area contributed by atoms with Gasteiger partial charge in [0.15, 0.2) is 0 Å². The van der Waals surface area contributed by atoms with Crippen LogP contribution in [0.4, 0.5) is 0 Å². The van der Waals surface area contributed by atoms with E-state index in [4.69, 9.17) is 5.11 Å². The molecule has 0 radical (unpaired) electrons. The molecule has 6 heteroatoms. The molecule has 2 N–H and O–H groups in total. The van der Waals surface area contributed by atoms with Gasteiger partial charge in [-0.3, -0.25) is 14.3 Å². The maximum Gasteiger partial charge on any atom is 0.303 e. The van der Waals surface area contributed by atoms with Gasteiger partial charge in [-0.2, -0.15) is 5.10 Å². The third-order valence-electron chi connectivity index (χ3n) is 5.68. The van der Waals surface area contributed by atoms with Crippen molar-refractivity contribution in [3.05, 3.63) is 17.0 Å². The van der Waals surface area contributed by atoms with Crippen LogP contribution in [-0.2, 0) is 23.1 Å². The number of carboxylic acids is 1. The molecular weight excluding hydrogens is 330 g/mol. The number of aliphatic carboxylic acids is 1. The van der Waals surface area contributed by atoms with E-state index in [0.29, 0.717) is 25.2 Å². The number of aryl methyl sites for hydroxylation is 2. The molecule has 1 unspecified atom stereocenters. The maximum atomic E-state index is 12.5. The first-order valence-electron chi connectivity index (χ1n) is 9.87. The highest BCUT2D eigenvalue weighted by atomic mass is 16.4. The van der Waals surface area contributed by atoms with E-state index in [1.54, 1.807) is 0 Å². The van der Waals surface area contributed by atoms with Crippen LogP contribution in [0, 0.1) is 19.8 Å². The zero-order valence-electron chi connectivity index (χ0n) is 16.4. The van der Waals surface area contributed by atoms with Crippen molar-refractivity contribution in [2.24, 2.45) is 13.0 Å². The minimum absolute atomic E-state index is 0.0128. The molecule has 0 bridgehead atoms. The zero-order chi connectivity index (χ0) is 19.1. The number of rotatable bonds is 9. The molecule has 0 aliphatic heterocycles. The van der Waals surface area contributed by atoms with Crippen LogP contribution in [-0.4, -0.2) is 32.8 Å². The molecule has 1 aliphatic carbocycles. The Bertz CT molecular complexity index is 618. The summed E-state index contributed by atoms with van der Waals surface area (Å²) < 4.78 is 1.85. The molecule has 1 heterocycles. The van der Waals surface area contributed by atoms with Crippen molar-refractivity contribution >= 4 is 11.9 Å². The van der Waals surface area contributed by atoms with Crippen LogP contribution in [0.25, 0.3) is 0 Å². The Morgan fingerprint density at radius 3 is 2.50 bits per heavy atom. The Labute approximate surface area is 156 Å². The van der Waals surface area contributed by atoms with Crippen molar-refractivity contribution in [3.63, 3.8) is 0 Å². The summed E-state index contributed by atoms with van der Waals surface area (Å²) >= 11 is 0. The SMILES string of the molecule is Cc1nn(C)c(C)c1CCC(=O)NC(CCC(=O)O)CC1CCCCC1. The van der Waals surface area contributed by atoms with Crippen LogP contribution >= 0.6 is 0 Å².